The van der Waals surface area contributed by atoms with Crippen LogP contribution >= 0.6 is 0 Å². The fourth-order valence-corrected chi connectivity index (χ4v) is 2.74. The maximum atomic E-state index is 12.1. The minimum absolute atomic E-state index is 0.165. The van der Waals surface area contributed by atoms with Crippen LogP contribution in [0, 0.1) is 0 Å². The molecule has 4 aromatic rings. The molecule has 0 saturated heterocycles. The SMILES string of the molecule is CCOC(=O)c1cnn(-c2nc(-c3ccncc3)nc3ccccc23)c1N. The van der Waals surface area contributed by atoms with Gasteiger partial charge in [0.25, 0.3) is 0 Å². The Labute approximate surface area is 154 Å². The van der Waals surface area contributed by atoms with Gasteiger partial charge in [0, 0.05) is 23.3 Å². The Morgan fingerprint density at radius 2 is 1.93 bits per heavy atom. The van der Waals surface area contributed by atoms with E-state index in [1.165, 1.54) is 10.9 Å². The topological polar surface area (TPSA) is 109 Å². The number of anilines is 1. The van der Waals surface area contributed by atoms with Gasteiger partial charge in [0.1, 0.15) is 11.4 Å². The number of carbonyl (C=O) groups is 1. The number of para-hydroxylation sites is 1. The Balaban J connectivity index is 1.93. The largest absolute Gasteiger partial charge is 0.462 e. The predicted molar refractivity (Wildman–Crippen MR) is 100 cm³/mol. The van der Waals surface area contributed by atoms with Crippen LogP contribution in [0.15, 0.2) is 55.0 Å². The highest BCUT2D eigenvalue weighted by Gasteiger charge is 2.20. The van der Waals surface area contributed by atoms with Crippen LogP contribution in [0.1, 0.15) is 17.3 Å². The van der Waals surface area contributed by atoms with E-state index in [2.05, 4.69) is 20.1 Å². The molecule has 0 aliphatic carbocycles. The van der Waals surface area contributed by atoms with E-state index in [1.54, 1.807) is 19.3 Å². The Kier molecular flexibility index (Phi) is 4.21. The van der Waals surface area contributed by atoms with Crippen molar-refractivity contribution in [3.05, 3.63) is 60.6 Å². The van der Waals surface area contributed by atoms with Gasteiger partial charge in [-0.1, -0.05) is 12.1 Å². The van der Waals surface area contributed by atoms with Gasteiger partial charge in [0.05, 0.1) is 18.3 Å². The van der Waals surface area contributed by atoms with E-state index in [0.717, 1.165) is 16.5 Å². The molecule has 0 amide bonds. The summed E-state index contributed by atoms with van der Waals surface area (Å²) in [6.07, 6.45) is 4.74. The summed E-state index contributed by atoms with van der Waals surface area (Å²) in [5, 5.41) is 5.03. The summed E-state index contributed by atoms with van der Waals surface area (Å²) in [6, 6.07) is 11.2. The third-order valence-electron chi connectivity index (χ3n) is 4.02. The monoisotopic (exact) mass is 360 g/mol. The number of carbonyl (C=O) groups excluding carboxylic acids is 1. The Morgan fingerprint density at radius 1 is 1.15 bits per heavy atom. The number of pyridine rings is 1. The normalized spacial score (nSPS) is 10.9. The van der Waals surface area contributed by atoms with E-state index in [4.69, 9.17) is 10.5 Å². The van der Waals surface area contributed by atoms with Crippen molar-refractivity contribution in [2.45, 2.75) is 6.92 Å². The third kappa shape index (κ3) is 2.97. The molecule has 0 saturated carbocycles. The Bertz CT molecular complexity index is 1120. The van der Waals surface area contributed by atoms with Gasteiger partial charge >= 0.3 is 5.97 Å². The number of hydrogen-bond donors (Lipinski definition) is 1. The second-order valence-electron chi connectivity index (χ2n) is 5.70. The van der Waals surface area contributed by atoms with Crippen molar-refractivity contribution in [1.29, 1.82) is 0 Å². The Morgan fingerprint density at radius 3 is 2.70 bits per heavy atom. The second-order valence-corrected chi connectivity index (χ2v) is 5.70. The maximum absolute atomic E-state index is 12.1. The molecule has 8 heteroatoms. The van der Waals surface area contributed by atoms with E-state index >= 15 is 0 Å². The van der Waals surface area contributed by atoms with Crippen molar-refractivity contribution in [2.75, 3.05) is 12.3 Å². The fourth-order valence-electron chi connectivity index (χ4n) is 2.74. The van der Waals surface area contributed by atoms with E-state index < -0.39 is 5.97 Å². The highest BCUT2D eigenvalue weighted by molar-refractivity contribution is 5.95. The van der Waals surface area contributed by atoms with Crippen molar-refractivity contribution < 1.29 is 9.53 Å². The number of benzene rings is 1. The molecular formula is C19H16N6O2. The minimum atomic E-state index is -0.519. The zero-order valence-electron chi connectivity index (χ0n) is 14.5. The second kappa shape index (κ2) is 6.83. The summed E-state index contributed by atoms with van der Waals surface area (Å²) >= 11 is 0. The van der Waals surface area contributed by atoms with Crippen molar-refractivity contribution in [3.63, 3.8) is 0 Å². The van der Waals surface area contributed by atoms with Crippen LogP contribution in [0.25, 0.3) is 28.1 Å². The molecule has 0 unspecified atom stereocenters. The smallest absolute Gasteiger partial charge is 0.343 e. The lowest BCUT2D eigenvalue weighted by Gasteiger charge is -2.10. The van der Waals surface area contributed by atoms with Gasteiger partial charge in [0.2, 0.25) is 0 Å². The predicted octanol–water partition coefficient (Wildman–Crippen LogP) is 2.64. The fraction of sp³-hybridized carbons (Fsp3) is 0.105. The molecular weight excluding hydrogens is 344 g/mol. The highest BCUT2D eigenvalue weighted by atomic mass is 16.5. The summed E-state index contributed by atoms with van der Waals surface area (Å²) in [5.74, 6) is 0.645. The molecule has 0 atom stereocenters. The molecule has 134 valence electrons. The summed E-state index contributed by atoms with van der Waals surface area (Å²) in [7, 11) is 0. The zero-order chi connectivity index (χ0) is 18.8. The first kappa shape index (κ1) is 16.6. The molecule has 0 aliphatic heterocycles. The van der Waals surface area contributed by atoms with E-state index in [1.807, 2.05) is 36.4 Å². The van der Waals surface area contributed by atoms with Gasteiger partial charge in [0.15, 0.2) is 11.6 Å². The number of ether oxygens (including phenoxy) is 1. The van der Waals surface area contributed by atoms with E-state index in [-0.39, 0.29) is 18.0 Å². The van der Waals surface area contributed by atoms with Crippen LogP contribution in [-0.4, -0.2) is 37.3 Å². The van der Waals surface area contributed by atoms with Crippen LogP contribution < -0.4 is 5.73 Å². The number of hydrogen-bond acceptors (Lipinski definition) is 7. The van der Waals surface area contributed by atoms with Crippen LogP contribution in [0.3, 0.4) is 0 Å². The van der Waals surface area contributed by atoms with Gasteiger partial charge in [-0.2, -0.15) is 9.78 Å². The van der Waals surface area contributed by atoms with Crippen LogP contribution in [0.2, 0.25) is 0 Å². The first-order valence-corrected chi connectivity index (χ1v) is 8.37. The summed E-state index contributed by atoms with van der Waals surface area (Å²) in [4.78, 5) is 25.4. The number of nitrogens with zero attached hydrogens (tertiary/aromatic N) is 5. The van der Waals surface area contributed by atoms with Crippen LogP contribution in [-0.2, 0) is 4.74 Å². The van der Waals surface area contributed by atoms with E-state index in [0.29, 0.717) is 11.6 Å². The lowest BCUT2D eigenvalue weighted by Crippen LogP contribution is -2.10. The van der Waals surface area contributed by atoms with E-state index in [9.17, 15) is 4.79 Å². The number of esters is 1. The van der Waals surface area contributed by atoms with Crippen molar-refractivity contribution in [1.82, 2.24) is 24.7 Å². The number of fused-ring (bicyclic) bond motifs is 1. The molecule has 0 aliphatic rings. The molecule has 3 aromatic heterocycles. The molecule has 8 nitrogen and oxygen atoms in total. The lowest BCUT2D eigenvalue weighted by molar-refractivity contribution is 0.0527. The molecule has 27 heavy (non-hydrogen) atoms. The summed E-state index contributed by atoms with van der Waals surface area (Å²) in [6.45, 7) is 1.99. The number of rotatable bonds is 4. The first-order valence-electron chi connectivity index (χ1n) is 8.37. The third-order valence-corrected chi connectivity index (χ3v) is 4.02. The molecule has 0 fully saturated rings. The average molecular weight is 360 g/mol. The first-order chi connectivity index (χ1) is 13.2. The molecule has 0 spiro atoms. The van der Waals surface area contributed by atoms with Crippen molar-refractivity contribution in [2.24, 2.45) is 0 Å². The van der Waals surface area contributed by atoms with Gasteiger partial charge in [-0.15, -0.1) is 0 Å². The van der Waals surface area contributed by atoms with Crippen molar-refractivity contribution >= 4 is 22.7 Å². The zero-order valence-corrected chi connectivity index (χ0v) is 14.5. The quantitative estimate of drug-likeness (QED) is 0.557. The lowest BCUT2D eigenvalue weighted by atomic mass is 10.2. The van der Waals surface area contributed by atoms with Gasteiger partial charge in [-0.25, -0.2) is 14.8 Å². The standard InChI is InChI=1S/C19H16N6O2/c1-2-27-19(26)14-11-22-25(16(14)20)18-13-5-3-4-6-15(13)23-17(24-18)12-7-9-21-10-8-12/h3-11H,2,20H2,1H3. The maximum Gasteiger partial charge on any atom is 0.343 e. The van der Waals surface area contributed by atoms with Crippen LogP contribution in [0.5, 0.6) is 0 Å². The minimum Gasteiger partial charge on any atom is -0.462 e. The molecule has 2 N–H and O–H groups in total. The highest BCUT2D eigenvalue weighted by Crippen LogP contribution is 2.26. The Hall–Kier alpha value is -3.81. The summed E-state index contributed by atoms with van der Waals surface area (Å²) < 4.78 is 6.46. The number of aromatic nitrogens is 5. The molecule has 0 bridgehead atoms. The molecule has 0 radical (unpaired) electrons. The molecule has 3 heterocycles. The van der Waals surface area contributed by atoms with Gasteiger partial charge in [-0.05, 0) is 31.2 Å². The molecule has 1 aromatic carbocycles. The number of nitrogen functional groups attached to an aromatic ring is 1. The average Bonchev–Trinajstić information content (AvgIpc) is 3.09. The molecule has 4 rings (SSSR count). The van der Waals surface area contributed by atoms with Gasteiger partial charge < -0.3 is 10.5 Å². The number of nitrogens with two attached hydrogens (primary N) is 1. The van der Waals surface area contributed by atoms with Crippen LogP contribution in [0.4, 0.5) is 5.82 Å². The van der Waals surface area contributed by atoms with Crippen molar-refractivity contribution in [3.8, 4) is 17.2 Å². The summed E-state index contributed by atoms with van der Waals surface area (Å²) in [5.41, 5.74) is 7.93. The van der Waals surface area contributed by atoms with Gasteiger partial charge in [-0.3, -0.25) is 4.98 Å².